The Morgan fingerprint density at radius 2 is 2.17 bits per heavy atom. The Morgan fingerprint density at radius 1 is 1.50 bits per heavy atom. The summed E-state index contributed by atoms with van der Waals surface area (Å²) in [6.07, 6.45) is 2.47. The lowest BCUT2D eigenvalue weighted by Crippen LogP contribution is -2.38. The Kier molecular flexibility index (Phi) is 4.61. The van der Waals surface area contributed by atoms with Crippen LogP contribution in [-0.2, 0) is 9.53 Å². The van der Waals surface area contributed by atoms with E-state index in [1.54, 1.807) is 0 Å². The lowest BCUT2D eigenvalue weighted by atomic mass is 10.1. The molecule has 0 atom stereocenters. The molecule has 1 rings (SSSR count). The van der Waals surface area contributed by atoms with Crippen LogP contribution >= 0.6 is 15.9 Å². The highest BCUT2D eigenvalue weighted by Gasteiger charge is 2.14. The highest BCUT2D eigenvalue weighted by molar-refractivity contribution is 9.09. The predicted octanol–water partition coefficient (Wildman–Crippen LogP) is 1.07. The van der Waals surface area contributed by atoms with E-state index in [1.807, 2.05) is 0 Å². The average molecular weight is 236 g/mol. The molecule has 1 fully saturated rings. The van der Waals surface area contributed by atoms with Crippen molar-refractivity contribution >= 4 is 21.8 Å². The molecule has 1 aliphatic rings. The zero-order chi connectivity index (χ0) is 8.81. The molecule has 70 valence electrons. The van der Waals surface area contributed by atoms with Gasteiger partial charge in [0.1, 0.15) is 0 Å². The van der Waals surface area contributed by atoms with Crippen molar-refractivity contribution in [1.82, 2.24) is 5.32 Å². The van der Waals surface area contributed by atoms with Crippen molar-refractivity contribution in [3.8, 4) is 0 Å². The van der Waals surface area contributed by atoms with E-state index in [0.717, 1.165) is 31.4 Å². The number of alkyl halides is 1. The Hall–Kier alpha value is -0.0900. The molecule has 0 aromatic rings. The van der Waals surface area contributed by atoms with Gasteiger partial charge in [-0.3, -0.25) is 4.79 Å². The van der Waals surface area contributed by atoms with E-state index in [9.17, 15) is 4.79 Å². The lowest BCUT2D eigenvalue weighted by molar-refractivity contribution is -0.121. The Bertz CT molecular complexity index is 146. The largest absolute Gasteiger partial charge is 0.381 e. The first-order valence-electron chi connectivity index (χ1n) is 4.26. The molecule has 0 saturated carbocycles. The van der Waals surface area contributed by atoms with E-state index < -0.39 is 0 Å². The number of carbonyl (C=O) groups is 1. The quantitative estimate of drug-likeness (QED) is 0.744. The second-order valence-corrected chi connectivity index (χ2v) is 3.69. The van der Waals surface area contributed by atoms with E-state index in [0.29, 0.717) is 12.5 Å². The van der Waals surface area contributed by atoms with Gasteiger partial charge in [-0.1, -0.05) is 15.9 Å². The summed E-state index contributed by atoms with van der Waals surface area (Å²) in [5.41, 5.74) is 0. The molecule has 0 aromatic carbocycles. The van der Waals surface area contributed by atoms with E-state index in [2.05, 4.69) is 21.2 Å². The van der Waals surface area contributed by atoms with Crippen LogP contribution < -0.4 is 5.32 Å². The zero-order valence-electron chi connectivity index (χ0n) is 7.01. The topological polar surface area (TPSA) is 38.3 Å². The Labute approximate surface area is 81.0 Å². The molecule has 0 aliphatic carbocycles. The molecule has 1 N–H and O–H groups in total. The van der Waals surface area contributed by atoms with Gasteiger partial charge < -0.3 is 10.1 Å². The molecular weight excluding hydrogens is 222 g/mol. The lowest BCUT2D eigenvalue weighted by Gasteiger charge is -2.22. The van der Waals surface area contributed by atoms with Crippen LogP contribution in [0.5, 0.6) is 0 Å². The van der Waals surface area contributed by atoms with E-state index >= 15 is 0 Å². The summed E-state index contributed by atoms with van der Waals surface area (Å²) in [5.74, 6) is 0.138. The normalized spacial score (nSPS) is 19.1. The smallest absolute Gasteiger partial charge is 0.221 e. The van der Waals surface area contributed by atoms with Gasteiger partial charge in [0.2, 0.25) is 5.91 Å². The summed E-state index contributed by atoms with van der Waals surface area (Å²) in [7, 11) is 0. The van der Waals surface area contributed by atoms with Crippen molar-refractivity contribution in [3.05, 3.63) is 0 Å². The minimum absolute atomic E-state index is 0.138. The van der Waals surface area contributed by atoms with Gasteiger partial charge in [-0.05, 0) is 12.8 Å². The molecule has 1 aliphatic heterocycles. The van der Waals surface area contributed by atoms with E-state index in [1.165, 1.54) is 0 Å². The van der Waals surface area contributed by atoms with E-state index in [-0.39, 0.29) is 5.91 Å². The van der Waals surface area contributed by atoms with Crippen molar-refractivity contribution in [2.75, 3.05) is 18.5 Å². The molecule has 0 unspecified atom stereocenters. The van der Waals surface area contributed by atoms with Crippen LogP contribution in [0.2, 0.25) is 0 Å². The summed E-state index contributed by atoms with van der Waals surface area (Å²) < 4.78 is 5.18. The number of ether oxygens (including phenoxy) is 1. The maximum Gasteiger partial charge on any atom is 0.221 e. The monoisotopic (exact) mass is 235 g/mol. The molecule has 0 radical (unpaired) electrons. The second-order valence-electron chi connectivity index (χ2n) is 2.89. The van der Waals surface area contributed by atoms with Crippen LogP contribution in [0.3, 0.4) is 0 Å². The van der Waals surface area contributed by atoms with Gasteiger partial charge in [0, 0.05) is 31.0 Å². The standard InChI is InChI=1S/C8H14BrNO2/c9-4-1-8(11)10-7-2-5-12-6-3-7/h7H,1-6H2,(H,10,11). The van der Waals surface area contributed by atoms with E-state index in [4.69, 9.17) is 4.74 Å². The molecule has 4 heteroatoms. The second kappa shape index (κ2) is 5.54. The molecule has 3 nitrogen and oxygen atoms in total. The van der Waals surface area contributed by atoms with Crippen molar-refractivity contribution in [3.63, 3.8) is 0 Å². The fourth-order valence-corrected chi connectivity index (χ4v) is 1.59. The third-order valence-electron chi connectivity index (χ3n) is 1.91. The molecule has 0 spiro atoms. The van der Waals surface area contributed by atoms with Crippen LogP contribution in [0.15, 0.2) is 0 Å². The number of rotatable bonds is 3. The van der Waals surface area contributed by atoms with Gasteiger partial charge in [0.25, 0.3) is 0 Å². The van der Waals surface area contributed by atoms with Crippen molar-refractivity contribution < 1.29 is 9.53 Å². The first kappa shape index (κ1) is 9.99. The SMILES string of the molecule is O=C(CCBr)NC1CCOCC1. The molecule has 0 bridgehead atoms. The predicted molar refractivity (Wildman–Crippen MR) is 50.4 cm³/mol. The molecule has 1 amide bonds. The van der Waals surface area contributed by atoms with Gasteiger partial charge in [-0.15, -0.1) is 0 Å². The molecule has 1 saturated heterocycles. The number of hydrogen-bond donors (Lipinski definition) is 1. The van der Waals surface area contributed by atoms with Crippen LogP contribution in [0.1, 0.15) is 19.3 Å². The average Bonchev–Trinajstić information content (AvgIpc) is 2.06. The number of halogens is 1. The van der Waals surface area contributed by atoms with Crippen molar-refractivity contribution in [1.29, 1.82) is 0 Å². The summed E-state index contributed by atoms with van der Waals surface area (Å²) in [4.78, 5) is 11.1. The van der Waals surface area contributed by atoms with Gasteiger partial charge in [0.15, 0.2) is 0 Å². The van der Waals surface area contributed by atoms with Gasteiger partial charge in [-0.25, -0.2) is 0 Å². The third-order valence-corrected chi connectivity index (χ3v) is 2.30. The number of nitrogens with one attached hydrogen (secondary N) is 1. The highest BCUT2D eigenvalue weighted by Crippen LogP contribution is 2.06. The number of carbonyl (C=O) groups excluding carboxylic acids is 1. The molecule has 1 heterocycles. The fourth-order valence-electron chi connectivity index (χ4n) is 1.23. The van der Waals surface area contributed by atoms with Crippen molar-refractivity contribution in [2.45, 2.75) is 25.3 Å². The van der Waals surface area contributed by atoms with Gasteiger partial charge in [-0.2, -0.15) is 0 Å². The summed E-state index contributed by atoms with van der Waals surface area (Å²) in [6, 6.07) is 0.338. The highest BCUT2D eigenvalue weighted by atomic mass is 79.9. The summed E-state index contributed by atoms with van der Waals surface area (Å²) in [5, 5.41) is 3.71. The van der Waals surface area contributed by atoms with Gasteiger partial charge in [0.05, 0.1) is 0 Å². The molecular formula is C8H14BrNO2. The van der Waals surface area contributed by atoms with Crippen molar-refractivity contribution in [2.24, 2.45) is 0 Å². The molecule has 0 aromatic heterocycles. The zero-order valence-corrected chi connectivity index (χ0v) is 8.60. The number of amides is 1. The first-order valence-corrected chi connectivity index (χ1v) is 5.38. The maximum absolute atomic E-state index is 11.1. The Morgan fingerprint density at radius 3 is 2.75 bits per heavy atom. The van der Waals surface area contributed by atoms with Crippen LogP contribution in [0.25, 0.3) is 0 Å². The first-order chi connectivity index (χ1) is 5.83. The fraction of sp³-hybridized carbons (Fsp3) is 0.875. The minimum atomic E-state index is 0.138. The molecule has 12 heavy (non-hydrogen) atoms. The van der Waals surface area contributed by atoms with Crippen LogP contribution in [0, 0.1) is 0 Å². The minimum Gasteiger partial charge on any atom is -0.381 e. The van der Waals surface area contributed by atoms with Crippen LogP contribution in [0.4, 0.5) is 0 Å². The van der Waals surface area contributed by atoms with Gasteiger partial charge >= 0.3 is 0 Å². The third kappa shape index (κ3) is 3.54. The Balaban J connectivity index is 2.15. The van der Waals surface area contributed by atoms with Crippen LogP contribution in [-0.4, -0.2) is 30.5 Å². The summed E-state index contributed by atoms with van der Waals surface area (Å²) >= 11 is 3.23. The summed E-state index contributed by atoms with van der Waals surface area (Å²) in [6.45, 7) is 1.55. The number of hydrogen-bond acceptors (Lipinski definition) is 2. The maximum atomic E-state index is 11.1.